The first-order valence-corrected chi connectivity index (χ1v) is 6.09. The molecule has 0 unspecified atom stereocenters. The van der Waals surface area contributed by atoms with Crippen LogP contribution in [0.15, 0.2) is 54.7 Å². The zero-order valence-electron chi connectivity index (χ0n) is 11.3. The van der Waals surface area contributed by atoms with Gasteiger partial charge in [0.15, 0.2) is 0 Å². The normalized spacial score (nSPS) is 10.2. The lowest BCUT2D eigenvalue weighted by Gasteiger charge is -2.11. The minimum Gasteiger partial charge on any atom is -0.378 e. The van der Waals surface area contributed by atoms with E-state index >= 15 is 0 Å². The Hall–Kier alpha value is -1.36. The number of hydrogen-bond donors (Lipinski definition) is 0. The summed E-state index contributed by atoms with van der Waals surface area (Å²) in [5, 5.41) is 0. The summed E-state index contributed by atoms with van der Waals surface area (Å²) < 4.78 is 0. The molecule has 0 aliphatic heterocycles. The van der Waals surface area contributed by atoms with Crippen molar-refractivity contribution in [3.05, 3.63) is 66.0 Å². The lowest BCUT2D eigenvalue weighted by Crippen LogP contribution is -2.07. The van der Waals surface area contributed by atoms with Crippen LogP contribution < -0.4 is 4.90 Å². The number of hydrogen-bond acceptors (Lipinski definition) is 2. The van der Waals surface area contributed by atoms with Gasteiger partial charge in [-0.15, -0.1) is 24.0 Å². The van der Waals surface area contributed by atoms with Gasteiger partial charge >= 0.3 is 0 Å². The molecular weight excluding hydrogens is 347 g/mol. The van der Waals surface area contributed by atoms with Crippen molar-refractivity contribution >= 4 is 35.7 Å². The number of allylic oxidation sites excluding steroid dienone is 1. The van der Waals surface area contributed by atoms with Gasteiger partial charge in [-0.25, -0.2) is 0 Å². The Morgan fingerprint density at radius 3 is 2.37 bits per heavy atom. The van der Waals surface area contributed by atoms with Crippen molar-refractivity contribution in [1.82, 2.24) is 4.98 Å². The van der Waals surface area contributed by atoms with E-state index in [0.29, 0.717) is 0 Å². The maximum absolute atomic E-state index is 4.29. The minimum atomic E-state index is 0. The summed E-state index contributed by atoms with van der Waals surface area (Å²) in [4.78, 5) is 6.39. The second-order valence-corrected chi connectivity index (χ2v) is 4.41. The van der Waals surface area contributed by atoms with E-state index < -0.39 is 0 Å². The molecule has 1 heterocycles. The van der Waals surface area contributed by atoms with Crippen LogP contribution in [0.4, 0.5) is 5.69 Å². The molecule has 0 aliphatic carbocycles. The Labute approximate surface area is 132 Å². The van der Waals surface area contributed by atoms with Crippen LogP contribution >= 0.6 is 24.0 Å². The van der Waals surface area contributed by atoms with Crippen LogP contribution in [0.5, 0.6) is 0 Å². The van der Waals surface area contributed by atoms with Crippen molar-refractivity contribution in [3.8, 4) is 0 Å². The summed E-state index contributed by atoms with van der Waals surface area (Å²) in [6.45, 7) is 0. The third-order valence-electron chi connectivity index (χ3n) is 2.77. The lowest BCUT2D eigenvalue weighted by atomic mass is 10.1. The molecule has 0 radical (unpaired) electrons. The summed E-state index contributed by atoms with van der Waals surface area (Å²) in [5.74, 6) is 0. The fraction of sp³-hybridized carbons (Fsp3) is 0.188. The average molecular weight is 366 g/mol. The fourth-order valence-corrected chi connectivity index (χ4v) is 1.72. The highest BCUT2D eigenvalue weighted by atomic mass is 127. The number of benzene rings is 1. The summed E-state index contributed by atoms with van der Waals surface area (Å²) in [5.41, 5.74) is 3.53. The largest absolute Gasteiger partial charge is 0.378 e. The molecule has 0 saturated carbocycles. The van der Waals surface area contributed by atoms with E-state index in [-0.39, 0.29) is 24.0 Å². The molecule has 0 aliphatic rings. The van der Waals surface area contributed by atoms with Crippen molar-refractivity contribution in [2.75, 3.05) is 19.0 Å². The van der Waals surface area contributed by atoms with E-state index in [9.17, 15) is 0 Å². The Kier molecular flexibility index (Phi) is 6.56. The van der Waals surface area contributed by atoms with Gasteiger partial charge in [0, 0.05) is 38.1 Å². The second kappa shape index (κ2) is 7.94. The van der Waals surface area contributed by atoms with Gasteiger partial charge in [0.05, 0.1) is 0 Å². The van der Waals surface area contributed by atoms with Crippen LogP contribution in [0, 0.1) is 0 Å². The molecule has 1 aromatic heterocycles. The van der Waals surface area contributed by atoms with Gasteiger partial charge in [-0.2, -0.15) is 0 Å². The smallest absolute Gasteiger partial charge is 0.0441 e. The van der Waals surface area contributed by atoms with Crippen LogP contribution in [0.3, 0.4) is 0 Å². The maximum atomic E-state index is 4.29. The molecule has 0 saturated heterocycles. The van der Waals surface area contributed by atoms with Gasteiger partial charge < -0.3 is 4.90 Å². The van der Waals surface area contributed by atoms with E-state index in [2.05, 4.69) is 46.3 Å². The molecule has 0 amide bonds. The highest BCUT2D eigenvalue weighted by molar-refractivity contribution is 14.0. The molecule has 0 bridgehead atoms. The SMILES string of the molecule is CN(C)c1ccc(/C=C/Cc2ccccn2)cc1.I. The molecule has 19 heavy (non-hydrogen) atoms. The van der Waals surface area contributed by atoms with Gasteiger partial charge in [0.25, 0.3) is 0 Å². The minimum absolute atomic E-state index is 0. The molecule has 0 spiro atoms. The van der Waals surface area contributed by atoms with E-state index in [1.54, 1.807) is 0 Å². The number of rotatable bonds is 4. The van der Waals surface area contributed by atoms with Crippen LogP contribution in [0.25, 0.3) is 6.08 Å². The molecule has 2 rings (SSSR count). The van der Waals surface area contributed by atoms with E-state index in [4.69, 9.17) is 0 Å². The van der Waals surface area contributed by atoms with E-state index in [1.165, 1.54) is 11.3 Å². The predicted octanol–water partition coefficient (Wildman–Crippen LogP) is 4.02. The topological polar surface area (TPSA) is 16.1 Å². The molecule has 100 valence electrons. The second-order valence-electron chi connectivity index (χ2n) is 4.41. The van der Waals surface area contributed by atoms with Gasteiger partial charge in [-0.3, -0.25) is 4.98 Å². The third kappa shape index (κ3) is 5.03. The van der Waals surface area contributed by atoms with Gasteiger partial charge in [0.1, 0.15) is 0 Å². The first kappa shape index (κ1) is 15.7. The monoisotopic (exact) mass is 366 g/mol. The number of halogens is 1. The van der Waals surface area contributed by atoms with Gasteiger partial charge in [-0.05, 0) is 29.8 Å². The van der Waals surface area contributed by atoms with Crippen molar-refractivity contribution < 1.29 is 0 Å². The number of anilines is 1. The molecular formula is C16H19IN2. The van der Waals surface area contributed by atoms with Crippen LogP contribution in [0.1, 0.15) is 11.3 Å². The Bertz CT molecular complexity index is 504. The molecule has 3 heteroatoms. The summed E-state index contributed by atoms with van der Waals surface area (Å²) in [6, 6.07) is 14.5. The van der Waals surface area contributed by atoms with Crippen molar-refractivity contribution in [2.45, 2.75) is 6.42 Å². The highest BCUT2D eigenvalue weighted by Crippen LogP contribution is 2.13. The van der Waals surface area contributed by atoms with Crippen molar-refractivity contribution in [2.24, 2.45) is 0 Å². The first-order valence-electron chi connectivity index (χ1n) is 6.09. The average Bonchev–Trinajstić information content (AvgIpc) is 2.40. The molecule has 0 N–H and O–H groups in total. The standard InChI is InChI=1S/C16H18N2.HI/c1-18(2)16-11-9-14(10-12-16)6-5-8-15-7-3-4-13-17-15;/h3-7,9-13H,8H2,1-2H3;1H/b6-5+;. The predicted molar refractivity (Wildman–Crippen MR) is 93.2 cm³/mol. The van der Waals surface area contributed by atoms with Crippen LogP contribution in [-0.4, -0.2) is 19.1 Å². The first-order chi connectivity index (χ1) is 8.75. The number of nitrogens with zero attached hydrogens (tertiary/aromatic N) is 2. The summed E-state index contributed by atoms with van der Waals surface area (Å²) >= 11 is 0. The molecule has 2 aromatic rings. The van der Waals surface area contributed by atoms with Gasteiger partial charge in [0.2, 0.25) is 0 Å². The Balaban J connectivity index is 0.00000180. The zero-order chi connectivity index (χ0) is 12.8. The van der Waals surface area contributed by atoms with Crippen LogP contribution in [0.2, 0.25) is 0 Å². The van der Waals surface area contributed by atoms with Crippen molar-refractivity contribution in [3.63, 3.8) is 0 Å². The van der Waals surface area contributed by atoms with E-state index in [0.717, 1.165) is 12.1 Å². The summed E-state index contributed by atoms with van der Waals surface area (Å²) in [7, 11) is 4.10. The molecule has 0 fully saturated rings. The molecule has 2 nitrogen and oxygen atoms in total. The molecule has 1 aromatic carbocycles. The molecule has 0 atom stereocenters. The highest BCUT2D eigenvalue weighted by Gasteiger charge is 1.93. The lowest BCUT2D eigenvalue weighted by molar-refractivity contribution is 1.11. The Morgan fingerprint density at radius 2 is 1.79 bits per heavy atom. The van der Waals surface area contributed by atoms with Crippen molar-refractivity contribution in [1.29, 1.82) is 0 Å². The number of aromatic nitrogens is 1. The maximum Gasteiger partial charge on any atom is 0.0441 e. The van der Waals surface area contributed by atoms with Crippen LogP contribution in [-0.2, 0) is 6.42 Å². The summed E-state index contributed by atoms with van der Waals surface area (Å²) in [6.07, 6.45) is 6.98. The quantitative estimate of drug-likeness (QED) is 0.760. The van der Waals surface area contributed by atoms with E-state index in [1.807, 2.05) is 38.5 Å². The zero-order valence-corrected chi connectivity index (χ0v) is 13.6. The fourth-order valence-electron chi connectivity index (χ4n) is 1.72. The number of pyridine rings is 1. The van der Waals surface area contributed by atoms with Gasteiger partial charge in [-0.1, -0.05) is 30.4 Å². The Morgan fingerprint density at radius 1 is 1.05 bits per heavy atom. The third-order valence-corrected chi connectivity index (χ3v) is 2.77.